The number of nitrogens with zero attached hydrogens (tertiary/aromatic N) is 1. The lowest BCUT2D eigenvalue weighted by atomic mass is 10.00. The summed E-state index contributed by atoms with van der Waals surface area (Å²) in [7, 11) is 0. The summed E-state index contributed by atoms with van der Waals surface area (Å²) in [5, 5.41) is 21.1. The number of ether oxygens (including phenoxy) is 1. The number of aliphatic imine (C=N–C) groups is 1. The lowest BCUT2D eigenvalue weighted by Crippen LogP contribution is -2.43. The maximum absolute atomic E-state index is 10.6. The Kier molecular flexibility index (Phi) is 5.60. The minimum Gasteiger partial charge on any atom is -0.488 e. The third-order valence-corrected chi connectivity index (χ3v) is 4.93. The number of rotatable bonds is 6. The molecule has 0 fully saturated rings. The van der Waals surface area contributed by atoms with Crippen molar-refractivity contribution in [3.05, 3.63) is 52.2 Å². The monoisotopic (exact) mass is 359 g/mol. The molecule has 1 aromatic carbocycles. The fraction of sp³-hybridized carbons (Fsp3) is 0.421. The summed E-state index contributed by atoms with van der Waals surface area (Å²) in [6.07, 6.45) is 0.994. The molecule has 3 N–H and O–H groups in total. The number of hydrogen-bond donors (Lipinski definition) is 3. The van der Waals surface area contributed by atoms with Crippen LogP contribution in [-0.2, 0) is 12.0 Å². The van der Waals surface area contributed by atoms with Crippen LogP contribution in [0.5, 0.6) is 5.75 Å². The Morgan fingerprint density at radius 2 is 2.20 bits per heavy atom. The fourth-order valence-corrected chi connectivity index (χ4v) is 3.60. The Morgan fingerprint density at radius 3 is 2.92 bits per heavy atom. The Morgan fingerprint density at radius 1 is 1.36 bits per heavy atom. The van der Waals surface area contributed by atoms with E-state index in [1.54, 1.807) is 18.3 Å². The fourth-order valence-electron chi connectivity index (χ4n) is 2.82. The van der Waals surface area contributed by atoms with Crippen LogP contribution in [0.4, 0.5) is 0 Å². The molecule has 0 saturated heterocycles. The van der Waals surface area contributed by atoms with Crippen LogP contribution in [0.25, 0.3) is 0 Å². The molecule has 2 unspecified atom stereocenters. The molecule has 0 bridgehead atoms. The Hall–Kier alpha value is -2.05. The second-order valence-electron chi connectivity index (χ2n) is 6.41. The molecular weight excluding hydrogens is 334 g/mol. The molecule has 0 saturated carbocycles. The first-order chi connectivity index (χ1) is 12.1. The molecule has 1 aromatic heterocycles. The summed E-state index contributed by atoms with van der Waals surface area (Å²) in [6, 6.07) is 10.1. The van der Waals surface area contributed by atoms with Gasteiger partial charge in [0.2, 0.25) is 0 Å². The molecule has 25 heavy (non-hydrogen) atoms. The Labute approximate surface area is 152 Å². The maximum atomic E-state index is 10.6. The van der Waals surface area contributed by atoms with Crippen molar-refractivity contribution in [1.82, 2.24) is 10.6 Å². The van der Waals surface area contributed by atoms with Crippen LogP contribution in [0.3, 0.4) is 0 Å². The number of aliphatic hydroxyl groups is 1. The maximum Gasteiger partial charge on any atom is 0.191 e. The normalized spacial score (nSPS) is 19.0. The molecule has 3 rings (SSSR count). The molecule has 0 spiro atoms. The summed E-state index contributed by atoms with van der Waals surface area (Å²) in [5.74, 6) is 1.66. The number of para-hydroxylation sites is 1. The van der Waals surface area contributed by atoms with Crippen LogP contribution >= 0.6 is 11.3 Å². The van der Waals surface area contributed by atoms with Gasteiger partial charge in [-0.3, -0.25) is 0 Å². The molecule has 0 radical (unpaired) electrons. The van der Waals surface area contributed by atoms with Gasteiger partial charge in [0.1, 0.15) is 17.5 Å². The summed E-state index contributed by atoms with van der Waals surface area (Å²) < 4.78 is 5.95. The smallest absolute Gasteiger partial charge is 0.191 e. The van der Waals surface area contributed by atoms with Gasteiger partial charge in [-0.15, -0.1) is 0 Å². The van der Waals surface area contributed by atoms with E-state index < -0.39 is 5.60 Å². The highest BCUT2D eigenvalue weighted by molar-refractivity contribution is 7.08. The molecule has 2 aromatic rings. The zero-order valence-electron chi connectivity index (χ0n) is 14.7. The van der Waals surface area contributed by atoms with Crippen molar-refractivity contribution in [3.8, 4) is 5.75 Å². The average molecular weight is 359 g/mol. The highest BCUT2D eigenvalue weighted by Gasteiger charge is 2.24. The second kappa shape index (κ2) is 7.89. The quantitative estimate of drug-likeness (QED) is 0.548. The van der Waals surface area contributed by atoms with Gasteiger partial charge in [-0.1, -0.05) is 18.2 Å². The molecule has 2 atom stereocenters. The molecule has 6 heteroatoms. The van der Waals surface area contributed by atoms with Crippen molar-refractivity contribution in [2.75, 3.05) is 19.6 Å². The van der Waals surface area contributed by atoms with Crippen LogP contribution in [0.15, 0.2) is 46.1 Å². The number of hydrogen-bond acceptors (Lipinski definition) is 4. The zero-order valence-corrected chi connectivity index (χ0v) is 15.5. The van der Waals surface area contributed by atoms with Crippen molar-refractivity contribution in [1.29, 1.82) is 0 Å². The minimum atomic E-state index is -0.970. The molecular formula is C19H25N3O2S. The van der Waals surface area contributed by atoms with E-state index >= 15 is 0 Å². The van der Waals surface area contributed by atoms with E-state index in [4.69, 9.17) is 4.74 Å². The molecule has 134 valence electrons. The summed E-state index contributed by atoms with van der Waals surface area (Å²) >= 11 is 1.58. The van der Waals surface area contributed by atoms with Crippen molar-refractivity contribution >= 4 is 17.3 Å². The van der Waals surface area contributed by atoms with Crippen LogP contribution in [0.1, 0.15) is 25.0 Å². The summed E-state index contributed by atoms with van der Waals surface area (Å²) in [6.45, 7) is 5.54. The van der Waals surface area contributed by atoms with Gasteiger partial charge >= 0.3 is 0 Å². The van der Waals surface area contributed by atoms with Crippen molar-refractivity contribution in [2.24, 2.45) is 4.99 Å². The third-order valence-electron chi connectivity index (χ3n) is 4.24. The first-order valence-electron chi connectivity index (χ1n) is 8.60. The molecule has 0 aliphatic carbocycles. The number of guanidine groups is 1. The van der Waals surface area contributed by atoms with Crippen LogP contribution < -0.4 is 15.4 Å². The van der Waals surface area contributed by atoms with Crippen molar-refractivity contribution < 1.29 is 9.84 Å². The van der Waals surface area contributed by atoms with E-state index in [1.807, 2.05) is 41.9 Å². The minimum absolute atomic E-state index is 0.0960. The van der Waals surface area contributed by atoms with Crippen molar-refractivity contribution in [2.45, 2.75) is 32.0 Å². The lowest BCUT2D eigenvalue weighted by molar-refractivity contribution is 0.0677. The zero-order chi connectivity index (χ0) is 17.7. The molecule has 0 amide bonds. The van der Waals surface area contributed by atoms with E-state index in [0.29, 0.717) is 19.0 Å². The second-order valence-corrected chi connectivity index (χ2v) is 7.19. The first kappa shape index (κ1) is 17.8. The highest BCUT2D eigenvalue weighted by Crippen LogP contribution is 2.27. The number of nitrogens with one attached hydrogen (secondary N) is 2. The third kappa shape index (κ3) is 4.52. The van der Waals surface area contributed by atoms with Crippen LogP contribution in [-0.4, -0.2) is 36.8 Å². The van der Waals surface area contributed by atoms with Gasteiger partial charge < -0.3 is 20.5 Å². The standard InChI is InChI=1S/C19H25N3O2S/c1-3-20-18(22-13-19(2,23)15-8-9-25-12-15)21-11-16-10-14-6-4-5-7-17(14)24-16/h4-9,12,16,23H,3,10-11,13H2,1-2H3,(H2,20,21,22). The van der Waals surface area contributed by atoms with Gasteiger partial charge in [0, 0.05) is 13.0 Å². The predicted octanol–water partition coefficient (Wildman–Crippen LogP) is 2.51. The highest BCUT2D eigenvalue weighted by atomic mass is 32.1. The van der Waals surface area contributed by atoms with Crippen molar-refractivity contribution in [3.63, 3.8) is 0 Å². The van der Waals surface area contributed by atoms with Gasteiger partial charge in [-0.25, -0.2) is 4.99 Å². The van der Waals surface area contributed by atoms with Gasteiger partial charge in [-0.2, -0.15) is 11.3 Å². The molecule has 1 aliphatic rings. The Bertz CT molecular complexity index is 688. The summed E-state index contributed by atoms with van der Waals surface area (Å²) in [5.41, 5.74) is 1.17. The number of thiophene rings is 1. The van der Waals surface area contributed by atoms with E-state index in [9.17, 15) is 5.11 Å². The average Bonchev–Trinajstić information content (AvgIpc) is 3.26. The van der Waals surface area contributed by atoms with E-state index in [2.05, 4.69) is 21.7 Å². The largest absolute Gasteiger partial charge is 0.488 e. The lowest BCUT2D eigenvalue weighted by Gasteiger charge is -2.21. The van der Waals surface area contributed by atoms with E-state index in [-0.39, 0.29) is 6.10 Å². The first-order valence-corrected chi connectivity index (χ1v) is 9.54. The van der Waals surface area contributed by atoms with E-state index in [0.717, 1.165) is 24.3 Å². The van der Waals surface area contributed by atoms with Gasteiger partial charge in [0.15, 0.2) is 5.96 Å². The predicted molar refractivity (Wildman–Crippen MR) is 102 cm³/mol. The van der Waals surface area contributed by atoms with Gasteiger partial charge in [0.25, 0.3) is 0 Å². The molecule has 1 aliphatic heterocycles. The van der Waals surface area contributed by atoms with Crippen LogP contribution in [0.2, 0.25) is 0 Å². The molecule has 5 nitrogen and oxygen atoms in total. The SMILES string of the molecule is CCNC(=NCC(C)(O)c1ccsc1)NCC1Cc2ccccc2O1. The Balaban J connectivity index is 1.56. The molecule has 2 heterocycles. The topological polar surface area (TPSA) is 65.9 Å². The van der Waals surface area contributed by atoms with E-state index in [1.165, 1.54) is 5.56 Å². The number of fused-ring (bicyclic) bond motifs is 1. The van der Waals surface area contributed by atoms with Gasteiger partial charge in [0.05, 0.1) is 13.1 Å². The van der Waals surface area contributed by atoms with Crippen LogP contribution in [0, 0.1) is 0 Å². The van der Waals surface area contributed by atoms with Gasteiger partial charge in [-0.05, 0) is 47.9 Å². The summed E-state index contributed by atoms with van der Waals surface area (Å²) in [4.78, 5) is 4.54. The number of benzene rings is 1.